The predicted octanol–water partition coefficient (Wildman–Crippen LogP) is 5.02. The number of hydrogen-bond acceptors (Lipinski definition) is 4. The highest BCUT2D eigenvalue weighted by Gasteiger charge is 2.28. The number of carbonyl (C=O) groups is 2. The second kappa shape index (κ2) is 9.29. The first-order valence-electron chi connectivity index (χ1n) is 10.4. The summed E-state index contributed by atoms with van der Waals surface area (Å²) in [5, 5.41) is 0. The summed E-state index contributed by atoms with van der Waals surface area (Å²) < 4.78 is 10.9. The molecule has 1 amide bonds. The molecule has 29 heavy (non-hydrogen) atoms. The lowest BCUT2D eigenvalue weighted by Crippen LogP contribution is -2.35. The summed E-state index contributed by atoms with van der Waals surface area (Å²) in [5.41, 5.74) is 3.15. The van der Waals surface area contributed by atoms with Gasteiger partial charge in [0.1, 0.15) is 12.2 Å². The number of carbonyl (C=O) groups excluding carboxylic acids is 2. The lowest BCUT2D eigenvalue weighted by molar-refractivity contribution is -0.160. The van der Waals surface area contributed by atoms with Gasteiger partial charge in [0.15, 0.2) is 0 Å². The van der Waals surface area contributed by atoms with Gasteiger partial charge < -0.3 is 14.4 Å². The van der Waals surface area contributed by atoms with E-state index < -0.39 is 5.60 Å². The van der Waals surface area contributed by atoms with Crippen molar-refractivity contribution in [1.82, 2.24) is 4.90 Å². The molecular formula is C24H31NO4. The molecule has 2 aliphatic rings. The fourth-order valence-corrected chi connectivity index (χ4v) is 3.66. The molecule has 0 radical (unpaired) electrons. The van der Waals surface area contributed by atoms with E-state index in [0.717, 1.165) is 31.2 Å². The van der Waals surface area contributed by atoms with Crippen molar-refractivity contribution in [1.29, 1.82) is 0 Å². The summed E-state index contributed by atoms with van der Waals surface area (Å²) in [6.45, 7) is 7.22. The number of ether oxygens (including phenoxy) is 2. The lowest BCUT2D eigenvalue weighted by atomic mass is 9.84. The summed E-state index contributed by atoms with van der Waals surface area (Å²) in [5.74, 6) is -0.149. The molecule has 5 nitrogen and oxygen atoms in total. The minimum atomic E-state index is -0.439. The highest BCUT2D eigenvalue weighted by molar-refractivity contribution is 5.73. The van der Waals surface area contributed by atoms with E-state index in [1.807, 2.05) is 51.1 Å². The molecule has 0 aromatic heterocycles. The highest BCUT2D eigenvalue weighted by Crippen LogP contribution is 2.32. The quantitative estimate of drug-likeness (QED) is 0.669. The Kier molecular flexibility index (Phi) is 6.78. The van der Waals surface area contributed by atoms with E-state index in [9.17, 15) is 9.59 Å². The van der Waals surface area contributed by atoms with Gasteiger partial charge in [-0.1, -0.05) is 42.5 Å². The van der Waals surface area contributed by atoms with Crippen molar-refractivity contribution in [3.8, 4) is 0 Å². The second-order valence-corrected chi connectivity index (χ2v) is 8.70. The topological polar surface area (TPSA) is 55.8 Å². The van der Waals surface area contributed by atoms with Crippen LogP contribution >= 0.6 is 0 Å². The Hall–Kier alpha value is -2.56. The third kappa shape index (κ3) is 6.21. The minimum Gasteiger partial charge on any atom is -0.460 e. The summed E-state index contributed by atoms with van der Waals surface area (Å²) in [4.78, 5) is 26.3. The van der Waals surface area contributed by atoms with Gasteiger partial charge in [0, 0.05) is 13.1 Å². The van der Waals surface area contributed by atoms with E-state index in [0.29, 0.717) is 19.7 Å². The van der Waals surface area contributed by atoms with E-state index >= 15 is 0 Å². The van der Waals surface area contributed by atoms with Crippen molar-refractivity contribution in [3.63, 3.8) is 0 Å². The van der Waals surface area contributed by atoms with Crippen molar-refractivity contribution < 1.29 is 19.1 Å². The molecule has 0 bridgehead atoms. The smallest absolute Gasteiger partial charge is 0.410 e. The van der Waals surface area contributed by atoms with Crippen molar-refractivity contribution in [2.75, 3.05) is 13.1 Å². The van der Waals surface area contributed by atoms with Crippen molar-refractivity contribution in [3.05, 3.63) is 59.2 Å². The first-order chi connectivity index (χ1) is 13.8. The Morgan fingerprint density at radius 1 is 1.07 bits per heavy atom. The second-order valence-electron chi connectivity index (χ2n) is 8.70. The van der Waals surface area contributed by atoms with Crippen LogP contribution in [-0.4, -0.2) is 35.7 Å². The number of benzene rings is 1. The highest BCUT2D eigenvalue weighted by atomic mass is 16.6. The van der Waals surface area contributed by atoms with Gasteiger partial charge in [-0.05, 0) is 63.2 Å². The van der Waals surface area contributed by atoms with E-state index in [1.54, 1.807) is 4.90 Å². The fraction of sp³-hybridized carbons (Fsp3) is 0.500. The predicted molar refractivity (Wildman–Crippen MR) is 112 cm³/mol. The van der Waals surface area contributed by atoms with Gasteiger partial charge in [-0.25, -0.2) is 4.79 Å². The third-order valence-corrected chi connectivity index (χ3v) is 5.24. The van der Waals surface area contributed by atoms with Gasteiger partial charge in [-0.15, -0.1) is 0 Å². The van der Waals surface area contributed by atoms with Crippen LogP contribution < -0.4 is 0 Å². The molecule has 1 aromatic rings. The molecule has 1 heterocycles. The normalized spacial score (nSPS) is 19.8. The molecule has 0 saturated heterocycles. The Morgan fingerprint density at radius 3 is 2.38 bits per heavy atom. The summed E-state index contributed by atoms with van der Waals surface area (Å²) in [6, 6.07) is 9.70. The van der Waals surface area contributed by atoms with Crippen LogP contribution in [0.5, 0.6) is 0 Å². The summed E-state index contributed by atoms with van der Waals surface area (Å²) >= 11 is 0. The maximum atomic E-state index is 12.3. The van der Waals surface area contributed by atoms with Gasteiger partial charge in [0.2, 0.25) is 0 Å². The Balaban J connectivity index is 1.48. The van der Waals surface area contributed by atoms with Crippen LogP contribution in [0.3, 0.4) is 0 Å². The Morgan fingerprint density at radius 2 is 1.79 bits per heavy atom. The maximum absolute atomic E-state index is 12.3. The number of esters is 1. The van der Waals surface area contributed by atoms with E-state index in [2.05, 4.69) is 12.2 Å². The first-order valence-corrected chi connectivity index (χ1v) is 10.4. The van der Waals surface area contributed by atoms with Gasteiger partial charge in [0.05, 0.1) is 5.92 Å². The van der Waals surface area contributed by atoms with Crippen LogP contribution in [-0.2, 0) is 20.9 Å². The first kappa shape index (κ1) is 21.2. The zero-order valence-electron chi connectivity index (χ0n) is 17.6. The molecular weight excluding hydrogens is 366 g/mol. The number of allylic oxidation sites excluding steroid dienone is 2. The minimum absolute atomic E-state index is 0.0494. The lowest BCUT2D eigenvalue weighted by Gasteiger charge is -2.29. The molecule has 1 aliphatic carbocycles. The zero-order valence-corrected chi connectivity index (χ0v) is 17.6. The molecule has 1 unspecified atom stereocenters. The van der Waals surface area contributed by atoms with Gasteiger partial charge in [-0.3, -0.25) is 4.79 Å². The Bertz CT molecular complexity index is 789. The van der Waals surface area contributed by atoms with Crippen LogP contribution in [0.2, 0.25) is 0 Å². The van der Waals surface area contributed by atoms with E-state index in [1.165, 1.54) is 11.1 Å². The number of hydrogen-bond donors (Lipinski definition) is 0. The van der Waals surface area contributed by atoms with Crippen LogP contribution in [0, 0.1) is 5.92 Å². The van der Waals surface area contributed by atoms with Crippen LogP contribution in [0.1, 0.15) is 52.0 Å². The molecule has 0 spiro atoms. The third-order valence-electron chi connectivity index (χ3n) is 5.24. The molecule has 3 rings (SSSR count). The van der Waals surface area contributed by atoms with Crippen LogP contribution in [0.15, 0.2) is 53.6 Å². The van der Waals surface area contributed by atoms with Gasteiger partial charge in [0.25, 0.3) is 0 Å². The summed E-state index contributed by atoms with van der Waals surface area (Å²) in [6.07, 6.45) is 7.27. The number of nitrogens with zero attached hydrogens (tertiary/aromatic N) is 1. The van der Waals surface area contributed by atoms with Crippen molar-refractivity contribution in [2.24, 2.45) is 5.92 Å². The molecule has 156 valence electrons. The molecule has 5 heteroatoms. The molecule has 0 N–H and O–H groups in total. The van der Waals surface area contributed by atoms with E-state index in [-0.39, 0.29) is 18.0 Å². The van der Waals surface area contributed by atoms with Crippen LogP contribution in [0.4, 0.5) is 4.79 Å². The Labute approximate surface area is 173 Å². The average Bonchev–Trinajstić information content (AvgIpc) is 2.72. The molecule has 1 atom stereocenters. The molecule has 0 saturated carbocycles. The number of amides is 1. The number of rotatable bonds is 4. The SMILES string of the molecule is CC(C)(C)OC(=O)C1CC=C(C2=CCN(C(=O)OCc3ccccc3)CC2)CC1. The molecule has 0 fully saturated rings. The van der Waals surface area contributed by atoms with Crippen LogP contribution in [0.25, 0.3) is 0 Å². The average molecular weight is 398 g/mol. The molecule has 1 aliphatic heterocycles. The standard InChI is InChI=1S/C24H31NO4/c1-24(2,3)29-22(26)21-11-9-19(10-12-21)20-13-15-25(16-14-20)23(27)28-17-18-7-5-4-6-8-18/h4-9,13,21H,10-12,14-17H2,1-3H3. The monoisotopic (exact) mass is 397 g/mol. The van der Waals surface area contributed by atoms with Gasteiger partial charge >= 0.3 is 12.1 Å². The van der Waals surface area contributed by atoms with Crippen molar-refractivity contribution in [2.45, 2.75) is 58.7 Å². The van der Waals surface area contributed by atoms with Crippen molar-refractivity contribution >= 4 is 12.1 Å². The fourth-order valence-electron chi connectivity index (χ4n) is 3.66. The zero-order chi connectivity index (χ0) is 20.9. The molecule has 1 aromatic carbocycles. The largest absolute Gasteiger partial charge is 0.460 e. The van der Waals surface area contributed by atoms with E-state index in [4.69, 9.17) is 9.47 Å². The summed E-state index contributed by atoms with van der Waals surface area (Å²) in [7, 11) is 0. The maximum Gasteiger partial charge on any atom is 0.410 e. The van der Waals surface area contributed by atoms with Gasteiger partial charge in [-0.2, -0.15) is 0 Å².